The molecular weight excluding hydrogens is 801 g/mol. The largest absolute Gasteiger partial charge is 0.427 e. The minimum Gasteiger partial charge on any atom is -0.427 e. The molecule has 0 spiro atoms. The van der Waals surface area contributed by atoms with Crippen molar-refractivity contribution in [3.63, 3.8) is 0 Å². The third-order valence-corrected chi connectivity index (χ3v) is 20.1. The van der Waals surface area contributed by atoms with Gasteiger partial charge in [0.25, 0.3) is 0 Å². The van der Waals surface area contributed by atoms with Crippen molar-refractivity contribution in [2.75, 3.05) is 0 Å². The Bertz CT molecular complexity index is 1410. The van der Waals surface area contributed by atoms with Gasteiger partial charge in [0.1, 0.15) is 11.5 Å². The lowest BCUT2D eigenvalue weighted by atomic mass is 10.0. The number of hydrogen-bond acceptors (Lipinski definition) is 9. The number of hydrogen-bond donors (Lipinski definition) is 0. The molecule has 0 saturated carbocycles. The summed E-state index contributed by atoms with van der Waals surface area (Å²) in [5, 5.41) is 4.83. The molecule has 2 aromatic rings. The molecule has 4 nitrogen and oxygen atoms in total. The van der Waals surface area contributed by atoms with E-state index >= 15 is 0 Å². The summed E-state index contributed by atoms with van der Waals surface area (Å²) >= 11 is 2.27. The average molecular weight is 875 g/mol. The summed E-state index contributed by atoms with van der Waals surface area (Å²) in [6, 6.07) is 16.2. The Kier molecular flexibility index (Phi) is 25.2. The van der Waals surface area contributed by atoms with Crippen LogP contribution in [-0.2, 0) is 22.4 Å². The van der Waals surface area contributed by atoms with E-state index in [0.29, 0.717) is 24.3 Å². The highest BCUT2D eigenvalue weighted by molar-refractivity contribution is 8.80. The van der Waals surface area contributed by atoms with E-state index in [-0.39, 0.29) is 11.9 Å². The predicted octanol–water partition coefficient (Wildman–Crippen LogP) is 15.7. The summed E-state index contributed by atoms with van der Waals surface area (Å²) in [7, 11) is 9.21. The molecule has 2 aromatic carbocycles. The monoisotopic (exact) mass is 874 g/mol. The predicted molar refractivity (Wildman–Crippen MR) is 257 cm³/mol. The van der Waals surface area contributed by atoms with Gasteiger partial charge in [-0.15, -0.1) is 0 Å². The molecule has 6 atom stereocenters. The first-order valence-electron chi connectivity index (χ1n) is 22.8. The van der Waals surface area contributed by atoms with E-state index in [9.17, 15) is 9.59 Å². The summed E-state index contributed by atoms with van der Waals surface area (Å²) in [5.74, 6) is 1.02. The van der Waals surface area contributed by atoms with Crippen molar-refractivity contribution < 1.29 is 19.1 Å². The molecular formula is C48H74O4S5. The molecule has 320 valence electrons. The Labute approximate surface area is 368 Å². The highest BCUT2D eigenvalue weighted by atomic mass is 33.1. The molecule has 6 unspecified atom stereocenters. The zero-order chi connectivity index (χ0) is 40.5. The van der Waals surface area contributed by atoms with Crippen LogP contribution < -0.4 is 9.47 Å². The highest BCUT2D eigenvalue weighted by Crippen LogP contribution is 2.56. The number of carbonyl (C=O) groups excluding carboxylic acids is 2. The number of esters is 2. The van der Waals surface area contributed by atoms with Gasteiger partial charge in [0.05, 0.1) is 0 Å². The van der Waals surface area contributed by atoms with Crippen LogP contribution in [0.25, 0.3) is 0 Å². The van der Waals surface area contributed by atoms with E-state index < -0.39 is 0 Å². The molecule has 9 heteroatoms. The SMILES string of the molecule is CCCCCCC1SSC(CC2SC2CCC)C(CCCCCCCc2cccc(OC(=O)CC)c2)SSC1CCCCCCCc1cccc(OC(=O)CC)c1. The zero-order valence-electron chi connectivity index (χ0n) is 35.7. The van der Waals surface area contributed by atoms with Crippen LogP contribution in [0.5, 0.6) is 11.5 Å². The third kappa shape index (κ3) is 20.0. The molecule has 4 rings (SSSR count). The first kappa shape index (κ1) is 48.8. The maximum absolute atomic E-state index is 11.7. The lowest BCUT2D eigenvalue weighted by Crippen LogP contribution is -2.27. The van der Waals surface area contributed by atoms with Gasteiger partial charge in [-0.1, -0.05) is 179 Å². The van der Waals surface area contributed by atoms with Gasteiger partial charge in [0.15, 0.2) is 0 Å². The van der Waals surface area contributed by atoms with Crippen molar-refractivity contribution in [3.05, 3.63) is 59.7 Å². The van der Waals surface area contributed by atoms with Crippen molar-refractivity contribution >= 4 is 66.9 Å². The Morgan fingerprint density at radius 2 is 0.912 bits per heavy atom. The molecule has 0 bridgehead atoms. The van der Waals surface area contributed by atoms with Crippen molar-refractivity contribution in [3.8, 4) is 11.5 Å². The van der Waals surface area contributed by atoms with Gasteiger partial charge in [0.2, 0.25) is 0 Å². The molecule has 0 amide bonds. The summed E-state index contributed by atoms with van der Waals surface area (Å²) in [4.78, 5) is 23.4. The number of benzene rings is 2. The topological polar surface area (TPSA) is 52.6 Å². The second kappa shape index (κ2) is 29.4. The maximum atomic E-state index is 11.7. The second-order valence-corrected chi connectivity index (χ2v) is 23.2. The van der Waals surface area contributed by atoms with Gasteiger partial charge in [-0.2, -0.15) is 11.8 Å². The standard InChI is InChI=1S/C48H74O4S5/c1-5-9-10-19-31-43-42(32-20-15-11-13-17-25-37-27-22-29-39(34-37)51-47(49)7-3)54-56-44(46(57-55-43)36-45-41(53-45)24-6-2)33-21-16-12-14-18-26-38-28-23-30-40(35-38)52-48(50)8-4/h22-23,27-30,34-35,41-46H,5-21,24-26,31-33,36H2,1-4H3. The Hall–Kier alpha value is -0.870. The number of rotatable bonds is 29. The van der Waals surface area contributed by atoms with Crippen LogP contribution in [-0.4, -0.2) is 43.4 Å². The van der Waals surface area contributed by atoms with Crippen molar-refractivity contribution in [2.24, 2.45) is 0 Å². The van der Waals surface area contributed by atoms with E-state index in [1.807, 2.05) is 50.2 Å². The lowest BCUT2D eigenvalue weighted by molar-refractivity contribution is -0.134. The Morgan fingerprint density at radius 1 is 0.474 bits per heavy atom. The number of carbonyl (C=O) groups is 2. The molecule has 2 aliphatic rings. The van der Waals surface area contributed by atoms with E-state index in [2.05, 4.69) is 80.9 Å². The second-order valence-electron chi connectivity index (χ2n) is 16.2. The van der Waals surface area contributed by atoms with E-state index in [1.165, 1.54) is 140 Å². The van der Waals surface area contributed by atoms with Gasteiger partial charge < -0.3 is 9.47 Å². The van der Waals surface area contributed by atoms with Gasteiger partial charge in [-0.25, -0.2) is 0 Å². The van der Waals surface area contributed by atoms with Crippen LogP contribution in [0.15, 0.2) is 48.5 Å². The fourth-order valence-corrected chi connectivity index (χ4v) is 17.7. The maximum Gasteiger partial charge on any atom is 0.310 e. The summed E-state index contributed by atoms with van der Waals surface area (Å²) in [6.07, 6.45) is 29.5. The number of thioether (sulfide) groups is 1. The number of ether oxygens (including phenoxy) is 2. The smallest absolute Gasteiger partial charge is 0.310 e. The first-order valence-corrected chi connectivity index (χ1v) is 28.3. The molecule has 2 heterocycles. The quantitative estimate of drug-likeness (QED) is 0.0261. The van der Waals surface area contributed by atoms with Crippen molar-refractivity contribution in [1.82, 2.24) is 0 Å². The van der Waals surface area contributed by atoms with E-state index in [1.54, 1.807) is 0 Å². The van der Waals surface area contributed by atoms with Crippen LogP contribution in [0.2, 0.25) is 0 Å². The van der Waals surface area contributed by atoms with Gasteiger partial charge in [-0.05, 0) is 93.2 Å². The van der Waals surface area contributed by atoms with E-state index in [4.69, 9.17) is 9.47 Å². The molecule has 2 fully saturated rings. The van der Waals surface area contributed by atoms with E-state index in [0.717, 1.165) is 44.3 Å². The molecule has 2 saturated heterocycles. The normalized spacial score (nSPS) is 22.1. The Morgan fingerprint density at radius 3 is 1.39 bits per heavy atom. The minimum atomic E-state index is -0.169. The minimum absolute atomic E-state index is 0.168. The van der Waals surface area contributed by atoms with Crippen molar-refractivity contribution in [1.29, 1.82) is 0 Å². The molecule has 2 aliphatic heterocycles. The fourth-order valence-electron chi connectivity index (χ4n) is 7.70. The van der Waals surface area contributed by atoms with Crippen LogP contribution in [0.3, 0.4) is 0 Å². The molecule has 0 N–H and O–H groups in total. The first-order chi connectivity index (χ1) is 27.9. The van der Waals surface area contributed by atoms with Crippen LogP contribution >= 0.6 is 54.9 Å². The van der Waals surface area contributed by atoms with Crippen LogP contribution in [0, 0.1) is 0 Å². The summed E-state index contributed by atoms with van der Waals surface area (Å²) < 4.78 is 10.9. The third-order valence-electron chi connectivity index (χ3n) is 11.2. The summed E-state index contributed by atoms with van der Waals surface area (Å²) in [6.45, 7) is 8.36. The highest BCUT2D eigenvalue weighted by Gasteiger charge is 2.42. The van der Waals surface area contributed by atoms with Gasteiger partial charge in [-0.3, -0.25) is 9.59 Å². The average Bonchev–Trinajstić information content (AvgIpc) is 3.96. The fraction of sp³-hybridized carbons (Fsp3) is 0.708. The molecule has 0 aromatic heterocycles. The molecule has 0 aliphatic carbocycles. The van der Waals surface area contributed by atoms with Crippen LogP contribution in [0.1, 0.15) is 180 Å². The molecule has 0 radical (unpaired) electrons. The summed E-state index contributed by atoms with van der Waals surface area (Å²) in [5.41, 5.74) is 2.54. The Balaban J connectivity index is 1.23. The van der Waals surface area contributed by atoms with Crippen molar-refractivity contribution in [2.45, 2.75) is 213 Å². The van der Waals surface area contributed by atoms with Gasteiger partial charge in [0, 0.05) is 44.3 Å². The number of unbranched alkanes of at least 4 members (excludes halogenated alkanes) is 11. The molecule has 57 heavy (non-hydrogen) atoms. The number of aryl methyl sites for hydroxylation is 2. The van der Waals surface area contributed by atoms with Gasteiger partial charge >= 0.3 is 11.9 Å². The van der Waals surface area contributed by atoms with Crippen LogP contribution in [0.4, 0.5) is 0 Å². The zero-order valence-corrected chi connectivity index (χ0v) is 39.8. The lowest BCUT2D eigenvalue weighted by Gasteiger charge is -2.35.